The number of aromatic nitrogens is 1. The van der Waals surface area contributed by atoms with Crippen LogP contribution in [0.5, 0.6) is 0 Å². The van der Waals surface area contributed by atoms with Gasteiger partial charge in [-0.25, -0.2) is 4.98 Å². The van der Waals surface area contributed by atoms with E-state index in [1.54, 1.807) is 22.7 Å². The minimum Gasteiger partial charge on any atom is -0.295 e. The summed E-state index contributed by atoms with van der Waals surface area (Å²) in [4.78, 5) is 9.67. The highest BCUT2D eigenvalue weighted by atomic mass is 32.1. The van der Waals surface area contributed by atoms with Crippen LogP contribution in [0.25, 0.3) is 0 Å². The molecule has 2 aromatic rings. The van der Waals surface area contributed by atoms with Crippen molar-refractivity contribution in [2.45, 2.75) is 26.4 Å². The first kappa shape index (κ1) is 14.2. The zero-order valence-corrected chi connectivity index (χ0v) is 13.7. The molecule has 3 heterocycles. The van der Waals surface area contributed by atoms with Crippen molar-refractivity contribution in [3.8, 4) is 0 Å². The van der Waals surface area contributed by atoms with Crippen molar-refractivity contribution >= 4 is 22.7 Å². The standard InChI is InChI=1S/C15H21N3S2/c1-12(14-3-8-19-10-14)18-6-4-17(5-7-18)9-15-11-20-13(2)16-15/h3,8,10-12H,4-7,9H2,1-2H3/t12-/m1/s1. The Labute approximate surface area is 128 Å². The molecule has 2 aromatic heterocycles. The van der Waals surface area contributed by atoms with Crippen molar-refractivity contribution in [1.29, 1.82) is 0 Å². The number of hydrogen-bond donors (Lipinski definition) is 0. The second-order valence-corrected chi connectivity index (χ2v) is 7.24. The van der Waals surface area contributed by atoms with Crippen LogP contribution in [0.4, 0.5) is 0 Å². The second-order valence-electron chi connectivity index (χ2n) is 5.40. The van der Waals surface area contributed by atoms with Gasteiger partial charge in [0.1, 0.15) is 0 Å². The normalized spacial score (nSPS) is 19.3. The van der Waals surface area contributed by atoms with Gasteiger partial charge >= 0.3 is 0 Å². The first-order valence-corrected chi connectivity index (χ1v) is 8.94. The molecule has 3 nitrogen and oxygen atoms in total. The summed E-state index contributed by atoms with van der Waals surface area (Å²) in [5.41, 5.74) is 2.69. The number of aryl methyl sites for hydroxylation is 1. The third-order valence-corrected chi connectivity index (χ3v) is 5.56. The van der Waals surface area contributed by atoms with Crippen LogP contribution in [-0.2, 0) is 6.54 Å². The molecule has 0 N–H and O–H groups in total. The maximum absolute atomic E-state index is 4.56. The smallest absolute Gasteiger partial charge is 0.0897 e. The van der Waals surface area contributed by atoms with E-state index >= 15 is 0 Å². The topological polar surface area (TPSA) is 19.4 Å². The molecule has 0 spiro atoms. The highest BCUT2D eigenvalue weighted by Gasteiger charge is 2.22. The van der Waals surface area contributed by atoms with Crippen molar-refractivity contribution in [2.75, 3.05) is 26.2 Å². The van der Waals surface area contributed by atoms with E-state index in [1.807, 2.05) is 0 Å². The maximum atomic E-state index is 4.56. The van der Waals surface area contributed by atoms with Gasteiger partial charge in [0, 0.05) is 44.1 Å². The van der Waals surface area contributed by atoms with Gasteiger partial charge in [0.15, 0.2) is 0 Å². The predicted molar refractivity (Wildman–Crippen MR) is 86.4 cm³/mol. The largest absolute Gasteiger partial charge is 0.295 e. The average Bonchev–Trinajstić information content (AvgIpc) is 3.11. The molecule has 0 saturated carbocycles. The molecule has 1 atom stereocenters. The predicted octanol–water partition coefficient (Wildman–Crippen LogP) is 3.39. The Kier molecular flexibility index (Phi) is 4.51. The Hall–Kier alpha value is -0.750. The molecule has 1 fully saturated rings. The van der Waals surface area contributed by atoms with Crippen LogP contribution in [-0.4, -0.2) is 41.0 Å². The number of nitrogens with zero attached hydrogens (tertiary/aromatic N) is 3. The van der Waals surface area contributed by atoms with E-state index in [4.69, 9.17) is 0 Å². The Morgan fingerprint density at radius 1 is 1.25 bits per heavy atom. The summed E-state index contributed by atoms with van der Waals surface area (Å²) in [6.07, 6.45) is 0. The first-order valence-electron chi connectivity index (χ1n) is 7.12. The minimum atomic E-state index is 0.546. The van der Waals surface area contributed by atoms with Crippen LogP contribution >= 0.6 is 22.7 Å². The summed E-state index contributed by atoms with van der Waals surface area (Å²) in [5, 5.41) is 7.81. The summed E-state index contributed by atoms with van der Waals surface area (Å²) in [5.74, 6) is 0. The number of piperazine rings is 1. The summed E-state index contributed by atoms with van der Waals surface area (Å²) in [6.45, 7) is 10.00. The van der Waals surface area contributed by atoms with E-state index < -0.39 is 0 Å². The molecule has 0 radical (unpaired) electrons. The third-order valence-electron chi connectivity index (χ3n) is 4.03. The molecule has 3 rings (SSSR count). The molecular weight excluding hydrogens is 286 g/mol. The fourth-order valence-corrected chi connectivity index (χ4v) is 4.09. The molecule has 0 amide bonds. The molecule has 0 bridgehead atoms. The lowest BCUT2D eigenvalue weighted by atomic mass is 10.1. The molecular formula is C15H21N3S2. The Morgan fingerprint density at radius 2 is 2.05 bits per heavy atom. The van der Waals surface area contributed by atoms with E-state index in [0.29, 0.717) is 6.04 Å². The molecule has 1 aliphatic rings. The summed E-state index contributed by atoms with van der Waals surface area (Å²) in [7, 11) is 0. The van der Waals surface area contributed by atoms with Crippen LogP contribution in [0.15, 0.2) is 22.2 Å². The lowest BCUT2D eigenvalue weighted by Crippen LogP contribution is -2.46. The van der Waals surface area contributed by atoms with Gasteiger partial charge in [0.25, 0.3) is 0 Å². The van der Waals surface area contributed by atoms with Crippen molar-refractivity contribution in [3.63, 3.8) is 0 Å². The monoisotopic (exact) mass is 307 g/mol. The van der Waals surface area contributed by atoms with Crippen LogP contribution in [0.1, 0.15) is 29.2 Å². The lowest BCUT2D eigenvalue weighted by molar-refractivity contribution is 0.0973. The Bertz CT molecular complexity index is 527. The second kappa shape index (κ2) is 6.35. The molecule has 0 aromatic carbocycles. The van der Waals surface area contributed by atoms with Gasteiger partial charge in [-0.15, -0.1) is 11.3 Å². The zero-order chi connectivity index (χ0) is 13.9. The minimum absolute atomic E-state index is 0.546. The zero-order valence-electron chi connectivity index (χ0n) is 12.1. The van der Waals surface area contributed by atoms with Crippen molar-refractivity contribution in [1.82, 2.24) is 14.8 Å². The lowest BCUT2D eigenvalue weighted by Gasteiger charge is -2.37. The van der Waals surface area contributed by atoms with Crippen LogP contribution < -0.4 is 0 Å². The summed E-state index contributed by atoms with van der Waals surface area (Å²) < 4.78 is 0. The number of hydrogen-bond acceptors (Lipinski definition) is 5. The van der Waals surface area contributed by atoms with Crippen LogP contribution in [0, 0.1) is 6.92 Å². The number of rotatable bonds is 4. The van der Waals surface area contributed by atoms with E-state index in [2.05, 4.69) is 50.8 Å². The van der Waals surface area contributed by atoms with Crippen molar-refractivity contribution in [2.24, 2.45) is 0 Å². The average molecular weight is 307 g/mol. The molecule has 5 heteroatoms. The molecule has 20 heavy (non-hydrogen) atoms. The first-order chi connectivity index (χ1) is 9.72. The summed E-state index contributed by atoms with van der Waals surface area (Å²) in [6, 6.07) is 2.80. The third kappa shape index (κ3) is 3.28. The van der Waals surface area contributed by atoms with E-state index in [1.165, 1.54) is 16.3 Å². The fraction of sp³-hybridized carbons (Fsp3) is 0.533. The Balaban J connectivity index is 1.52. The van der Waals surface area contributed by atoms with Crippen LogP contribution in [0.3, 0.4) is 0 Å². The van der Waals surface area contributed by atoms with Gasteiger partial charge < -0.3 is 0 Å². The number of thiazole rings is 1. The van der Waals surface area contributed by atoms with Gasteiger partial charge in [0.05, 0.1) is 10.7 Å². The molecule has 0 unspecified atom stereocenters. The Morgan fingerprint density at radius 3 is 2.65 bits per heavy atom. The van der Waals surface area contributed by atoms with Gasteiger partial charge in [0.2, 0.25) is 0 Å². The van der Waals surface area contributed by atoms with Crippen LogP contribution in [0.2, 0.25) is 0 Å². The maximum Gasteiger partial charge on any atom is 0.0897 e. The highest BCUT2D eigenvalue weighted by molar-refractivity contribution is 7.09. The van der Waals surface area contributed by atoms with Gasteiger partial charge in [-0.1, -0.05) is 0 Å². The molecule has 108 valence electrons. The van der Waals surface area contributed by atoms with Crippen molar-refractivity contribution < 1.29 is 0 Å². The molecule has 0 aliphatic carbocycles. The summed E-state index contributed by atoms with van der Waals surface area (Å²) >= 11 is 3.54. The van der Waals surface area contributed by atoms with E-state index in [9.17, 15) is 0 Å². The van der Waals surface area contributed by atoms with E-state index in [-0.39, 0.29) is 0 Å². The van der Waals surface area contributed by atoms with Gasteiger partial charge in [-0.2, -0.15) is 11.3 Å². The van der Waals surface area contributed by atoms with Crippen molar-refractivity contribution in [3.05, 3.63) is 38.5 Å². The van der Waals surface area contributed by atoms with Gasteiger partial charge in [-0.3, -0.25) is 9.80 Å². The van der Waals surface area contributed by atoms with Gasteiger partial charge in [-0.05, 0) is 36.2 Å². The number of thiophene rings is 1. The quantitative estimate of drug-likeness (QED) is 0.863. The van der Waals surface area contributed by atoms with E-state index in [0.717, 1.165) is 32.7 Å². The highest BCUT2D eigenvalue weighted by Crippen LogP contribution is 2.24. The molecule has 1 saturated heterocycles. The fourth-order valence-electron chi connectivity index (χ4n) is 2.74. The SMILES string of the molecule is Cc1nc(CN2CCN([C@H](C)c3ccsc3)CC2)cs1. The molecule has 1 aliphatic heterocycles.